The molecule has 0 aliphatic carbocycles. The van der Waals surface area contributed by atoms with E-state index in [-0.39, 0.29) is 24.8 Å². The minimum Gasteiger partial charge on any atom is -0.460 e. The number of aromatic nitrogens is 2. The molecule has 3 rings (SSSR count). The van der Waals surface area contributed by atoms with Crippen molar-refractivity contribution in [1.82, 2.24) is 14.7 Å². The Kier molecular flexibility index (Phi) is 7.83. The van der Waals surface area contributed by atoms with Crippen LogP contribution >= 0.6 is 0 Å². The summed E-state index contributed by atoms with van der Waals surface area (Å²) in [5.41, 5.74) is 8.03. The molecule has 0 fully saturated rings. The number of imidazole rings is 1. The van der Waals surface area contributed by atoms with E-state index in [0.29, 0.717) is 22.5 Å². The van der Waals surface area contributed by atoms with Crippen LogP contribution in [0.2, 0.25) is 0 Å². The molecule has 2 aromatic heterocycles. The van der Waals surface area contributed by atoms with Gasteiger partial charge in [-0.1, -0.05) is 18.2 Å². The van der Waals surface area contributed by atoms with Gasteiger partial charge in [0.2, 0.25) is 0 Å². The molecule has 1 unspecified atom stereocenters. The van der Waals surface area contributed by atoms with Crippen molar-refractivity contribution >= 4 is 23.5 Å². The fourth-order valence-electron chi connectivity index (χ4n) is 3.43. The number of carbonyl (C=O) groups is 3. The number of nitrogens with one attached hydrogen (secondary N) is 1. The molecule has 0 saturated heterocycles. The van der Waals surface area contributed by atoms with Gasteiger partial charge in [-0.05, 0) is 65.3 Å². The summed E-state index contributed by atoms with van der Waals surface area (Å²) in [6.07, 6.45) is 3.64. The number of fused-ring (bicyclic) bond motifs is 1. The van der Waals surface area contributed by atoms with E-state index in [0.717, 1.165) is 5.56 Å². The molecule has 9 heteroatoms. The van der Waals surface area contributed by atoms with Crippen molar-refractivity contribution in [3.63, 3.8) is 0 Å². The molecule has 1 amide bonds. The average molecular weight is 495 g/mol. The van der Waals surface area contributed by atoms with Crippen LogP contribution in [0.1, 0.15) is 69.9 Å². The maximum Gasteiger partial charge on any atom is 0.328 e. The van der Waals surface area contributed by atoms with Gasteiger partial charge >= 0.3 is 11.9 Å². The van der Waals surface area contributed by atoms with Crippen LogP contribution in [0, 0.1) is 0 Å². The third-order valence-corrected chi connectivity index (χ3v) is 4.95. The van der Waals surface area contributed by atoms with Crippen LogP contribution in [0.15, 0.2) is 48.8 Å². The van der Waals surface area contributed by atoms with Crippen LogP contribution in [-0.2, 0) is 19.1 Å². The van der Waals surface area contributed by atoms with Gasteiger partial charge in [0.05, 0.1) is 12.1 Å². The molecule has 0 aliphatic rings. The highest BCUT2D eigenvalue weighted by Crippen LogP contribution is 2.23. The lowest BCUT2D eigenvalue weighted by molar-refractivity contribution is -0.157. The Morgan fingerprint density at radius 1 is 1.00 bits per heavy atom. The number of hydrogen-bond acceptors (Lipinski definition) is 7. The number of ether oxygens (including phenoxy) is 2. The third kappa shape index (κ3) is 7.39. The first kappa shape index (κ1) is 26.9. The van der Waals surface area contributed by atoms with Crippen LogP contribution in [0.3, 0.4) is 0 Å². The summed E-state index contributed by atoms with van der Waals surface area (Å²) in [5, 5.41) is 2.74. The Morgan fingerprint density at radius 3 is 2.36 bits per heavy atom. The van der Waals surface area contributed by atoms with Gasteiger partial charge in [0, 0.05) is 30.1 Å². The predicted octanol–water partition coefficient (Wildman–Crippen LogP) is 3.80. The standard InChI is InChI=1S/C27H34N4O5/c1-26(2,3)35-22(32)12-13-29-24(33)18-9-7-8-17(14-18)20-16-31-15-19(10-11-21(31)30-20)23(28)25(34)36-27(4,5)6/h7-11,14-16,23H,12-13,28H2,1-6H3,(H,29,33). The van der Waals surface area contributed by atoms with Crippen molar-refractivity contribution in [2.75, 3.05) is 6.54 Å². The summed E-state index contributed by atoms with van der Waals surface area (Å²) >= 11 is 0. The minimum absolute atomic E-state index is 0.0862. The highest BCUT2D eigenvalue weighted by molar-refractivity contribution is 5.95. The molecule has 36 heavy (non-hydrogen) atoms. The molecule has 1 atom stereocenters. The maximum atomic E-state index is 12.6. The fourth-order valence-corrected chi connectivity index (χ4v) is 3.43. The van der Waals surface area contributed by atoms with Gasteiger partial charge in [0.1, 0.15) is 22.9 Å². The van der Waals surface area contributed by atoms with Gasteiger partial charge in [-0.15, -0.1) is 0 Å². The summed E-state index contributed by atoms with van der Waals surface area (Å²) in [5.74, 6) is -1.17. The van der Waals surface area contributed by atoms with Gasteiger partial charge in [0.25, 0.3) is 5.91 Å². The molecule has 3 aromatic rings. The zero-order valence-electron chi connectivity index (χ0n) is 21.6. The molecule has 2 heterocycles. The normalized spacial score (nSPS) is 12.8. The Morgan fingerprint density at radius 2 is 1.69 bits per heavy atom. The van der Waals surface area contributed by atoms with Gasteiger partial charge < -0.3 is 24.9 Å². The summed E-state index contributed by atoms with van der Waals surface area (Å²) in [4.78, 5) is 41.4. The van der Waals surface area contributed by atoms with E-state index in [1.165, 1.54) is 0 Å². The van der Waals surface area contributed by atoms with E-state index in [4.69, 9.17) is 15.2 Å². The van der Waals surface area contributed by atoms with E-state index in [1.807, 2.05) is 6.07 Å². The van der Waals surface area contributed by atoms with E-state index >= 15 is 0 Å². The van der Waals surface area contributed by atoms with E-state index in [1.54, 1.807) is 88.7 Å². The number of amides is 1. The lowest BCUT2D eigenvalue weighted by atomic mass is 10.1. The first-order valence-electron chi connectivity index (χ1n) is 11.8. The van der Waals surface area contributed by atoms with Crippen molar-refractivity contribution < 1.29 is 23.9 Å². The van der Waals surface area contributed by atoms with Crippen molar-refractivity contribution in [2.24, 2.45) is 5.73 Å². The lowest BCUT2D eigenvalue weighted by Gasteiger charge is -2.22. The first-order chi connectivity index (χ1) is 16.7. The van der Waals surface area contributed by atoms with Crippen LogP contribution in [0.5, 0.6) is 0 Å². The largest absolute Gasteiger partial charge is 0.460 e. The van der Waals surface area contributed by atoms with Gasteiger partial charge in [-0.3, -0.25) is 9.59 Å². The van der Waals surface area contributed by atoms with E-state index in [2.05, 4.69) is 10.3 Å². The van der Waals surface area contributed by atoms with Crippen molar-refractivity contribution in [3.8, 4) is 11.3 Å². The Labute approximate surface area is 211 Å². The molecule has 0 bridgehead atoms. The Balaban J connectivity index is 1.71. The van der Waals surface area contributed by atoms with E-state index < -0.39 is 23.2 Å². The molecule has 192 valence electrons. The number of carbonyl (C=O) groups excluding carboxylic acids is 3. The van der Waals surface area contributed by atoms with Crippen molar-refractivity contribution in [3.05, 3.63) is 59.9 Å². The zero-order valence-corrected chi connectivity index (χ0v) is 21.6. The topological polar surface area (TPSA) is 125 Å². The molecule has 0 radical (unpaired) electrons. The maximum absolute atomic E-state index is 12.6. The van der Waals surface area contributed by atoms with Crippen molar-refractivity contribution in [2.45, 2.75) is 65.2 Å². The van der Waals surface area contributed by atoms with Crippen LogP contribution in [-0.4, -0.2) is 45.0 Å². The number of nitrogens with two attached hydrogens (primary N) is 1. The molecule has 0 saturated carbocycles. The Bertz CT molecular complexity index is 1270. The quantitative estimate of drug-likeness (QED) is 0.479. The molecule has 1 aromatic carbocycles. The predicted molar refractivity (Wildman–Crippen MR) is 136 cm³/mol. The summed E-state index contributed by atoms with van der Waals surface area (Å²) < 4.78 is 12.4. The first-order valence-corrected chi connectivity index (χ1v) is 11.8. The van der Waals surface area contributed by atoms with Crippen molar-refractivity contribution in [1.29, 1.82) is 0 Å². The molecule has 0 spiro atoms. The van der Waals surface area contributed by atoms with E-state index in [9.17, 15) is 14.4 Å². The van der Waals surface area contributed by atoms with Crippen LogP contribution in [0.25, 0.3) is 16.9 Å². The second kappa shape index (κ2) is 10.5. The van der Waals surface area contributed by atoms with Gasteiger partial charge in [0.15, 0.2) is 0 Å². The third-order valence-electron chi connectivity index (χ3n) is 4.95. The fraction of sp³-hybridized carbons (Fsp3) is 0.407. The zero-order chi connectivity index (χ0) is 26.7. The number of rotatable bonds is 7. The smallest absolute Gasteiger partial charge is 0.328 e. The minimum atomic E-state index is -0.924. The molecular formula is C27H34N4O5. The summed E-state index contributed by atoms with van der Waals surface area (Å²) in [7, 11) is 0. The number of hydrogen-bond donors (Lipinski definition) is 2. The van der Waals surface area contributed by atoms with Crippen LogP contribution in [0.4, 0.5) is 0 Å². The monoisotopic (exact) mass is 494 g/mol. The highest BCUT2D eigenvalue weighted by Gasteiger charge is 2.24. The number of esters is 2. The summed E-state index contributed by atoms with van der Waals surface area (Å²) in [6.45, 7) is 10.9. The number of benzene rings is 1. The second-order valence-corrected chi connectivity index (χ2v) is 10.5. The van der Waals surface area contributed by atoms with Gasteiger partial charge in [-0.25, -0.2) is 9.78 Å². The Hall–Kier alpha value is -3.72. The van der Waals surface area contributed by atoms with Crippen LogP contribution < -0.4 is 11.1 Å². The SMILES string of the molecule is CC(C)(C)OC(=O)CCNC(=O)c1cccc(-c2cn3cc(C(N)C(=O)OC(C)(C)C)ccc3n2)c1. The number of pyridine rings is 1. The average Bonchev–Trinajstić information content (AvgIpc) is 3.19. The summed E-state index contributed by atoms with van der Waals surface area (Å²) in [6, 6.07) is 9.65. The molecular weight excluding hydrogens is 460 g/mol. The lowest BCUT2D eigenvalue weighted by Crippen LogP contribution is -2.31. The second-order valence-electron chi connectivity index (χ2n) is 10.5. The highest BCUT2D eigenvalue weighted by atomic mass is 16.6. The van der Waals surface area contributed by atoms with Gasteiger partial charge in [-0.2, -0.15) is 0 Å². The molecule has 9 nitrogen and oxygen atoms in total. The molecule has 0 aliphatic heterocycles. The number of nitrogens with zero attached hydrogens (tertiary/aromatic N) is 2. The molecule has 3 N–H and O–H groups in total.